The maximum atomic E-state index is 11.0. The third-order valence-corrected chi connectivity index (χ3v) is 4.36. The van der Waals surface area contributed by atoms with Crippen LogP contribution in [0, 0.1) is 24.0 Å². The fraction of sp³-hybridized carbons (Fsp3) is 0.263. The minimum Gasteiger partial charge on any atom is -0.459 e. The first-order valence-electron chi connectivity index (χ1n) is 7.92. The van der Waals surface area contributed by atoms with Gasteiger partial charge in [0.1, 0.15) is 11.3 Å². The van der Waals surface area contributed by atoms with E-state index in [2.05, 4.69) is 12.2 Å². The quantitative estimate of drug-likeness (QED) is 0.540. The Morgan fingerprint density at radius 1 is 1.21 bits per heavy atom. The molecular weight excluding hydrogens is 304 g/mol. The van der Waals surface area contributed by atoms with Crippen LogP contribution in [0.5, 0.6) is 0 Å². The molecule has 5 heteroatoms. The van der Waals surface area contributed by atoms with E-state index in [1.165, 1.54) is 0 Å². The molecule has 2 aromatic carbocycles. The molecule has 1 aromatic heterocycles. The molecule has 1 N–H and O–H groups in total. The van der Waals surface area contributed by atoms with Gasteiger partial charge < -0.3 is 9.73 Å². The fourth-order valence-corrected chi connectivity index (χ4v) is 2.93. The maximum Gasteiger partial charge on any atom is 0.272 e. The topological polar surface area (TPSA) is 68.3 Å². The van der Waals surface area contributed by atoms with Crippen molar-refractivity contribution in [3.63, 3.8) is 0 Å². The van der Waals surface area contributed by atoms with Crippen molar-refractivity contribution in [3.05, 3.63) is 75.0 Å². The van der Waals surface area contributed by atoms with Gasteiger partial charge in [-0.2, -0.15) is 0 Å². The highest BCUT2D eigenvalue weighted by Gasteiger charge is 2.17. The molecule has 3 rings (SSSR count). The summed E-state index contributed by atoms with van der Waals surface area (Å²) in [6.07, 6.45) is 0. The zero-order chi connectivity index (χ0) is 17.3. The second-order valence-electron chi connectivity index (χ2n) is 6.07. The molecule has 0 saturated carbocycles. The fourth-order valence-electron chi connectivity index (χ4n) is 2.93. The Morgan fingerprint density at radius 2 is 1.96 bits per heavy atom. The van der Waals surface area contributed by atoms with Crippen molar-refractivity contribution in [3.8, 4) is 0 Å². The van der Waals surface area contributed by atoms with Crippen LogP contribution in [0.4, 0.5) is 5.69 Å². The lowest BCUT2D eigenvalue weighted by Gasteiger charge is -2.13. The van der Waals surface area contributed by atoms with Gasteiger partial charge in [-0.3, -0.25) is 10.1 Å². The van der Waals surface area contributed by atoms with Crippen molar-refractivity contribution in [2.24, 2.45) is 0 Å². The number of benzene rings is 2. The predicted molar refractivity (Wildman–Crippen MR) is 94.0 cm³/mol. The SMILES string of the molecule is Cc1ccc(CN[C@@H](C)c2oc3ccccc3c2C)cc1[N+](=O)[O-]. The van der Waals surface area contributed by atoms with Crippen molar-refractivity contribution in [1.29, 1.82) is 0 Å². The van der Waals surface area contributed by atoms with Gasteiger partial charge in [-0.25, -0.2) is 0 Å². The molecule has 0 saturated heterocycles. The smallest absolute Gasteiger partial charge is 0.272 e. The average Bonchev–Trinajstić information content (AvgIpc) is 2.91. The summed E-state index contributed by atoms with van der Waals surface area (Å²) in [4.78, 5) is 10.7. The van der Waals surface area contributed by atoms with Crippen molar-refractivity contribution >= 4 is 16.7 Å². The van der Waals surface area contributed by atoms with Gasteiger partial charge in [0, 0.05) is 23.6 Å². The molecule has 0 aliphatic carbocycles. The molecule has 1 atom stereocenters. The first-order valence-corrected chi connectivity index (χ1v) is 7.92. The van der Waals surface area contributed by atoms with Gasteiger partial charge in [0.15, 0.2) is 0 Å². The number of aryl methyl sites for hydroxylation is 2. The molecule has 1 heterocycles. The summed E-state index contributed by atoms with van der Waals surface area (Å²) in [5.41, 5.74) is 3.71. The predicted octanol–water partition coefficient (Wildman–Crippen LogP) is 4.81. The number of nitro benzene ring substituents is 1. The van der Waals surface area contributed by atoms with Crippen molar-refractivity contribution < 1.29 is 9.34 Å². The Labute approximate surface area is 140 Å². The lowest BCUT2D eigenvalue weighted by Crippen LogP contribution is -2.18. The molecule has 0 radical (unpaired) electrons. The van der Waals surface area contributed by atoms with E-state index < -0.39 is 0 Å². The maximum absolute atomic E-state index is 11.0. The molecular formula is C19H20N2O3. The molecule has 0 aliphatic heterocycles. The highest BCUT2D eigenvalue weighted by molar-refractivity contribution is 5.82. The second-order valence-corrected chi connectivity index (χ2v) is 6.07. The van der Waals surface area contributed by atoms with Crippen LogP contribution < -0.4 is 5.32 Å². The first kappa shape index (κ1) is 16.2. The van der Waals surface area contributed by atoms with E-state index in [9.17, 15) is 10.1 Å². The Kier molecular flexibility index (Phi) is 4.36. The minimum atomic E-state index is -0.342. The van der Waals surface area contributed by atoms with Gasteiger partial charge in [0.2, 0.25) is 0 Å². The van der Waals surface area contributed by atoms with E-state index in [0.717, 1.165) is 27.9 Å². The number of fused-ring (bicyclic) bond motifs is 1. The molecule has 0 unspecified atom stereocenters. The highest BCUT2D eigenvalue weighted by atomic mass is 16.6. The van der Waals surface area contributed by atoms with Crippen LogP contribution in [-0.2, 0) is 6.54 Å². The van der Waals surface area contributed by atoms with Crippen LogP contribution >= 0.6 is 0 Å². The summed E-state index contributed by atoms with van der Waals surface area (Å²) in [6, 6.07) is 13.3. The summed E-state index contributed by atoms with van der Waals surface area (Å²) in [6.45, 7) is 6.37. The zero-order valence-corrected chi connectivity index (χ0v) is 14.0. The lowest BCUT2D eigenvalue weighted by atomic mass is 10.1. The molecule has 24 heavy (non-hydrogen) atoms. The molecule has 0 fully saturated rings. The molecule has 0 spiro atoms. The lowest BCUT2D eigenvalue weighted by molar-refractivity contribution is -0.385. The number of para-hydroxylation sites is 1. The van der Waals surface area contributed by atoms with Crippen molar-refractivity contribution in [1.82, 2.24) is 5.32 Å². The van der Waals surface area contributed by atoms with E-state index in [-0.39, 0.29) is 16.7 Å². The summed E-state index contributed by atoms with van der Waals surface area (Å²) >= 11 is 0. The van der Waals surface area contributed by atoms with E-state index >= 15 is 0 Å². The average molecular weight is 324 g/mol. The summed E-state index contributed by atoms with van der Waals surface area (Å²) in [7, 11) is 0. The van der Waals surface area contributed by atoms with Gasteiger partial charge in [-0.15, -0.1) is 0 Å². The van der Waals surface area contributed by atoms with Crippen LogP contribution in [0.3, 0.4) is 0 Å². The zero-order valence-electron chi connectivity index (χ0n) is 14.0. The summed E-state index contributed by atoms with van der Waals surface area (Å²) < 4.78 is 5.96. The number of furan rings is 1. The van der Waals surface area contributed by atoms with Crippen LogP contribution in [-0.4, -0.2) is 4.92 Å². The van der Waals surface area contributed by atoms with Crippen LogP contribution in [0.15, 0.2) is 46.9 Å². The number of nitrogens with zero attached hydrogens (tertiary/aromatic N) is 1. The van der Waals surface area contributed by atoms with Gasteiger partial charge in [0.25, 0.3) is 5.69 Å². The van der Waals surface area contributed by atoms with Crippen LogP contribution in [0.2, 0.25) is 0 Å². The van der Waals surface area contributed by atoms with Gasteiger partial charge in [-0.1, -0.05) is 30.3 Å². The first-order chi connectivity index (χ1) is 11.5. The molecule has 0 amide bonds. The number of nitrogens with one attached hydrogen (secondary N) is 1. The standard InChI is InChI=1S/C19H20N2O3/c1-12-8-9-15(10-17(12)21(22)23)11-20-14(3)19-13(2)16-6-4-5-7-18(16)24-19/h4-10,14,20H,11H2,1-3H3/t14-/m0/s1. The van der Waals surface area contributed by atoms with Crippen molar-refractivity contribution in [2.75, 3.05) is 0 Å². The minimum absolute atomic E-state index is 0.0118. The molecule has 0 bridgehead atoms. The van der Waals surface area contributed by atoms with Gasteiger partial charge in [-0.05, 0) is 38.0 Å². The molecule has 5 nitrogen and oxygen atoms in total. The van der Waals surface area contributed by atoms with Crippen LogP contribution in [0.25, 0.3) is 11.0 Å². The highest BCUT2D eigenvalue weighted by Crippen LogP contribution is 2.29. The van der Waals surface area contributed by atoms with E-state index in [4.69, 9.17) is 4.42 Å². The Balaban J connectivity index is 1.77. The van der Waals surface area contributed by atoms with Crippen molar-refractivity contribution in [2.45, 2.75) is 33.4 Å². The number of rotatable bonds is 5. The number of nitro groups is 1. The molecule has 0 aliphatic rings. The third-order valence-electron chi connectivity index (χ3n) is 4.36. The third kappa shape index (κ3) is 3.03. The Hall–Kier alpha value is -2.66. The summed E-state index contributed by atoms with van der Waals surface area (Å²) in [5.74, 6) is 0.901. The van der Waals surface area contributed by atoms with E-state index in [0.29, 0.717) is 12.1 Å². The Bertz CT molecular complexity index is 899. The second kappa shape index (κ2) is 6.45. The van der Waals surface area contributed by atoms with Gasteiger partial charge in [0.05, 0.1) is 11.0 Å². The monoisotopic (exact) mass is 324 g/mol. The number of hydrogen-bond donors (Lipinski definition) is 1. The van der Waals surface area contributed by atoms with Crippen LogP contribution in [0.1, 0.15) is 35.4 Å². The van der Waals surface area contributed by atoms with E-state index in [1.807, 2.05) is 37.3 Å². The Morgan fingerprint density at radius 3 is 2.67 bits per heavy atom. The molecule has 124 valence electrons. The summed E-state index contributed by atoms with van der Waals surface area (Å²) in [5, 5.41) is 15.6. The normalized spacial score (nSPS) is 12.5. The van der Waals surface area contributed by atoms with E-state index in [1.54, 1.807) is 19.1 Å². The largest absolute Gasteiger partial charge is 0.459 e. The van der Waals surface area contributed by atoms with Gasteiger partial charge >= 0.3 is 0 Å². The number of hydrogen-bond acceptors (Lipinski definition) is 4. The molecule has 3 aromatic rings.